The minimum atomic E-state index is -0.390. The Morgan fingerprint density at radius 2 is 2.26 bits per heavy atom. The Labute approximate surface area is 117 Å². The van der Waals surface area contributed by atoms with Gasteiger partial charge in [0.2, 0.25) is 0 Å². The van der Waals surface area contributed by atoms with Gasteiger partial charge in [0.1, 0.15) is 5.76 Å². The van der Waals surface area contributed by atoms with Gasteiger partial charge in [0.15, 0.2) is 5.60 Å². The average Bonchev–Trinajstić information content (AvgIpc) is 2.66. The summed E-state index contributed by atoms with van der Waals surface area (Å²) in [5.74, 6) is 0.591. The zero-order valence-electron chi connectivity index (χ0n) is 10.7. The summed E-state index contributed by atoms with van der Waals surface area (Å²) in [5, 5.41) is 12.8. The van der Waals surface area contributed by atoms with Crippen LogP contribution in [0.2, 0.25) is 5.02 Å². The summed E-state index contributed by atoms with van der Waals surface area (Å²) in [6, 6.07) is 3.89. The largest absolute Gasteiger partial charge is 0.479 e. The summed E-state index contributed by atoms with van der Waals surface area (Å²) in [5.41, 5.74) is 2.20. The molecule has 0 amide bonds. The molecule has 0 radical (unpaired) electrons. The van der Waals surface area contributed by atoms with Crippen molar-refractivity contribution in [1.29, 1.82) is 5.26 Å². The molecule has 0 saturated carbocycles. The smallest absolute Gasteiger partial charge is 0.154 e. The van der Waals surface area contributed by atoms with Crippen LogP contribution in [-0.4, -0.2) is 18.1 Å². The first kappa shape index (κ1) is 12.5. The van der Waals surface area contributed by atoms with Crippen LogP contribution in [0, 0.1) is 18.3 Å². The second-order valence-electron chi connectivity index (χ2n) is 4.94. The Bertz CT molecular complexity index is 597. The van der Waals surface area contributed by atoms with Crippen LogP contribution in [-0.2, 0) is 10.3 Å². The number of pyridine rings is 1. The molecule has 0 aliphatic carbocycles. The number of hydrogen-bond acceptors (Lipinski definition) is 4. The third kappa shape index (κ3) is 1.90. The first-order valence-electron chi connectivity index (χ1n) is 6.34. The molecule has 0 bridgehead atoms. The van der Waals surface area contributed by atoms with Gasteiger partial charge in [-0.3, -0.25) is 4.98 Å². The van der Waals surface area contributed by atoms with Gasteiger partial charge >= 0.3 is 0 Å². The number of aromatic nitrogens is 1. The summed E-state index contributed by atoms with van der Waals surface area (Å²) in [6.45, 7) is 3.68. The predicted octanol–water partition coefficient (Wildman–Crippen LogP) is 2.52. The van der Waals surface area contributed by atoms with Crippen molar-refractivity contribution in [2.45, 2.75) is 25.4 Å². The zero-order chi connectivity index (χ0) is 13.5. The van der Waals surface area contributed by atoms with Gasteiger partial charge in [-0.05, 0) is 26.1 Å². The molecule has 4 nitrogen and oxygen atoms in total. The van der Waals surface area contributed by atoms with Crippen LogP contribution in [0.25, 0.3) is 5.76 Å². The van der Waals surface area contributed by atoms with Gasteiger partial charge in [-0.15, -0.1) is 0 Å². The topological polar surface area (TPSA) is 57.9 Å². The third-order valence-electron chi connectivity index (χ3n) is 3.76. The lowest BCUT2D eigenvalue weighted by molar-refractivity contribution is 0.0171. The molecule has 0 atom stereocenters. The first-order valence-corrected chi connectivity index (χ1v) is 6.71. The van der Waals surface area contributed by atoms with E-state index in [0.717, 1.165) is 42.9 Å². The Hall–Kier alpha value is -1.57. The maximum Gasteiger partial charge on any atom is 0.154 e. The quantitative estimate of drug-likeness (QED) is 0.739. The van der Waals surface area contributed by atoms with Crippen LogP contribution in [0.5, 0.6) is 0 Å². The molecule has 1 saturated heterocycles. The normalized spacial score (nSPS) is 22.1. The fourth-order valence-electron chi connectivity index (χ4n) is 2.77. The molecule has 1 fully saturated rings. The van der Waals surface area contributed by atoms with E-state index in [-0.39, 0.29) is 0 Å². The van der Waals surface area contributed by atoms with Crippen molar-refractivity contribution in [3.63, 3.8) is 0 Å². The zero-order valence-corrected chi connectivity index (χ0v) is 11.4. The summed E-state index contributed by atoms with van der Waals surface area (Å²) in [6.07, 6.45) is 3.15. The van der Waals surface area contributed by atoms with Gasteiger partial charge in [0, 0.05) is 18.4 Å². The number of rotatable bonds is 0. The van der Waals surface area contributed by atoms with E-state index in [1.807, 2.05) is 19.1 Å². The number of ether oxygens (including phenoxy) is 1. The molecular weight excluding hydrogens is 262 g/mol. The number of nitriles is 1. The van der Waals surface area contributed by atoms with Crippen LogP contribution in [0.15, 0.2) is 12.1 Å². The average molecular weight is 276 g/mol. The van der Waals surface area contributed by atoms with Crippen LogP contribution in [0.3, 0.4) is 0 Å². The number of nitrogens with one attached hydrogen (secondary N) is 1. The maximum absolute atomic E-state index is 8.89. The van der Waals surface area contributed by atoms with Crippen LogP contribution < -0.4 is 5.32 Å². The summed E-state index contributed by atoms with van der Waals surface area (Å²) >= 11 is 6.14. The van der Waals surface area contributed by atoms with E-state index in [0.29, 0.717) is 10.8 Å². The number of allylic oxidation sites excluding steroid dienone is 1. The molecule has 3 heterocycles. The van der Waals surface area contributed by atoms with E-state index in [4.69, 9.17) is 21.6 Å². The Balaban J connectivity index is 2.18. The van der Waals surface area contributed by atoms with E-state index in [9.17, 15) is 0 Å². The molecule has 98 valence electrons. The molecular formula is C14H14ClN3O. The molecule has 19 heavy (non-hydrogen) atoms. The molecule has 5 heteroatoms. The lowest BCUT2D eigenvalue weighted by Crippen LogP contribution is -2.40. The molecule has 1 aromatic heterocycles. The monoisotopic (exact) mass is 275 g/mol. The second-order valence-corrected chi connectivity index (χ2v) is 5.34. The molecule has 0 aromatic carbocycles. The molecule has 1 aromatic rings. The highest BCUT2D eigenvalue weighted by Gasteiger charge is 2.46. The van der Waals surface area contributed by atoms with Crippen LogP contribution >= 0.6 is 11.6 Å². The number of aryl methyl sites for hydroxylation is 1. The van der Waals surface area contributed by atoms with Crippen molar-refractivity contribution in [3.8, 4) is 6.07 Å². The third-order valence-corrected chi connectivity index (χ3v) is 4.14. The molecule has 2 aliphatic heterocycles. The van der Waals surface area contributed by atoms with Crippen LogP contribution in [0.1, 0.15) is 29.8 Å². The van der Waals surface area contributed by atoms with Gasteiger partial charge < -0.3 is 10.1 Å². The Kier molecular flexibility index (Phi) is 2.96. The van der Waals surface area contributed by atoms with E-state index in [1.54, 1.807) is 0 Å². The fourth-order valence-corrected chi connectivity index (χ4v) is 2.92. The lowest BCUT2D eigenvalue weighted by atomic mass is 9.88. The van der Waals surface area contributed by atoms with E-state index in [2.05, 4.69) is 10.3 Å². The second kappa shape index (κ2) is 4.52. The maximum atomic E-state index is 8.89. The number of halogens is 1. The lowest BCUT2D eigenvalue weighted by Gasteiger charge is -2.33. The number of nitrogens with zero attached hydrogens (tertiary/aromatic N) is 2. The van der Waals surface area contributed by atoms with Gasteiger partial charge in [-0.1, -0.05) is 11.6 Å². The van der Waals surface area contributed by atoms with Crippen LogP contribution in [0.4, 0.5) is 0 Å². The van der Waals surface area contributed by atoms with E-state index < -0.39 is 5.60 Å². The summed E-state index contributed by atoms with van der Waals surface area (Å²) < 4.78 is 6.09. The van der Waals surface area contributed by atoms with Gasteiger partial charge in [-0.25, -0.2) is 0 Å². The highest BCUT2D eigenvalue weighted by Crippen LogP contribution is 2.47. The standard InChI is InChI=1S/C14H14ClN3O/c1-9-11(15)8-10-12(2-5-16)19-14(13(10)18-9)3-6-17-7-4-14/h2,8,17H,3-4,6-7H2,1H3. The Morgan fingerprint density at radius 3 is 2.95 bits per heavy atom. The minimum Gasteiger partial charge on any atom is -0.479 e. The van der Waals surface area contributed by atoms with Crippen molar-refractivity contribution in [1.82, 2.24) is 10.3 Å². The van der Waals surface area contributed by atoms with Crippen molar-refractivity contribution >= 4 is 17.4 Å². The van der Waals surface area contributed by atoms with Crippen molar-refractivity contribution in [3.05, 3.63) is 34.1 Å². The highest BCUT2D eigenvalue weighted by molar-refractivity contribution is 6.31. The summed E-state index contributed by atoms with van der Waals surface area (Å²) in [4.78, 5) is 4.63. The number of piperidine rings is 1. The molecule has 0 unspecified atom stereocenters. The number of fused-ring (bicyclic) bond motifs is 2. The highest BCUT2D eigenvalue weighted by atomic mass is 35.5. The van der Waals surface area contributed by atoms with Crippen molar-refractivity contribution < 1.29 is 4.74 Å². The molecule has 3 rings (SSSR count). The molecule has 1 spiro atoms. The fraction of sp³-hybridized carbons (Fsp3) is 0.429. The predicted molar refractivity (Wildman–Crippen MR) is 72.4 cm³/mol. The minimum absolute atomic E-state index is 0.390. The molecule has 1 N–H and O–H groups in total. The van der Waals surface area contributed by atoms with Crippen molar-refractivity contribution in [2.75, 3.05) is 13.1 Å². The van der Waals surface area contributed by atoms with Gasteiger partial charge in [-0.2, -0.15) is 5.26 Å². The SMILES string of the molecule is Cc1nc2c(cc1Cl)C(=CC#N)OC21CCNCC1. The van der Waals surface area contributed by atoms with E-state index in [1.165, 1.54) is 6.08 Å². The van der Waals surface area contributed by atoms with Gasteiger partial charge in [0.05, 0.1) is 28.6 Å². The Morgan fingerprint density at radius 1 is 1.53 bits per heavy atom. The van der Waals surface area contributed by atoms with Crippen molar-refractivity contribution in [2.24, 2.45) is 0 Å². The summed E-state index contributed by atoms with van der Waals surface area (Å²) in [7, 11) is 0. The molecule has 2 aliphatic rings. The first-order chi connectivity index (χ1) is 9.16. The van der Waals surface area contributed by atoms with E-state index >= 15 is 0 Å². The van der Waals surface area contributed by atoms with Gasteiger partial charge in [0.25, 0.3) is 0 Å². The number of hydrogen-bond donors (Lipinski definition) is 1.